The summed E-state index contributed by atoms with van der Waals surface area (Å²) in [6.07, 6.45) is 1.77. The number of nitrogens with zero attached hydrogens (tertiary/aromatic N) is 1. The zero-order valence-electron chi connectivity index (χ0n) is 12.8. The normalized spacial score (nSPS) is 19.9. The van der Waals surface area contributed by atoms with E-state index in [9.17, 15) is 10.2 Å². The Morgan fingerprint density at radius 3 is 2.50 bits per heavy atom. The van der Waals surface area contributed by atoms with Crippen LogP contribution in [0.25, 0.3) is 38.7 Å². The Balaban J connectivity index is 1.93. The highest BCUT2D eigenvalue weighted by molar-refractivity contribution is 6.10. The molecule has 4 aromatic rings. The summed E-state index contributed by atoms with van der Waals surface area (Å²) in [5.74, 6) is 0. The van der Waals surface area contributed by atoms with Crippen molar-refractivity contribution in [1.82, 2.24) is 4.98 Å². The van der Waals surface area contributed by atoms with Gasteiger partial charge >= 0.3 is 0 Å². The van der Waals surface area contributed by atoms with Gasteiger partial charge in [-0.25, -0.2) is 4.98 Å². The standard InChI is InChI=1S/C21H15NO2/c23-20-10-7-14-15(21(20)24)6-9-19-17(14)11-16-13-4-2-1-3-12(13)5-8-18(16)22-19/h1-11,20-21,23-24H/t20-,21-/m0/s1. The Labute approximate surface area is 138 Å². The molecule has 3 nitrogen and oxygen atoms in total. The lowest BCUT2D eigenvalue weighted by Gasteiger charge is -2.23. The SMILES string of the molecule is O[C@H]1C=Cc2c(ccc3nc4ccc5ccccc5c4cc23)[C@@H]1O. The molecule has 0 saturated heterocycles. The van der Waals surface area contributed by atoms with E-state index in [1.54, 1.807) is 6.08 Å². The fraction of sp³-hybridized carbons (Fsp3) is 0.0952. The van der Waals surface area contributed by atoms with Crippen LogP contribution in [0.4, 0.5) is 0 Å². The first-order valence-electron chi connectivity index (χ1n) is 8.02. The minimum absolute atomic E-state index is 0.749. The van der Waals surface area contributed by atoms with Crippen molar-refractivity contribution in [2.24, 2.45) is 0 Å². The Morgan fingerprint density at radius 2 is 1.58 bits per heavy atom. The van der Waals surface area contributed by atoms with Crippen molar-refractivity contribution in [2.45, 2.75) is 12.2 Å². The minimum atomic E-state index is -0.891. The molecule has 1 aromatic heterocycles. The van der Waals surface area contributed by atoms with Crippen LogP contribution < -0.4 is 0 Å². The highest BCUT2D eigenvalue weighted by Crippen LogP contribution is 2.35. The van der Waals surface area contributed by atoms with Crippen LogP contribution in [0.3, 0.4) is 0 Å². The van der Waals surface area contributed by atoms with E-state index in [2.05, 4.69) is 24.3 Å². The molecule has 3 heteroatoms. The molecule has 5 rings (SSSR count). The summed E-state index contributed by atoms with van der Waals surface area (Å²) in [4.78, 5) is 4.80. The van der Waals surface area contributed by atoms with Gasteiger partial charge < -0.3 is 10.2 Å². The van der Waals surface area contributed by atoms with Gasteiger partial charge in [0.05, 0.1) is 11.0 Å². The second-order valence-corrected chi connectivity index (χ2v) is 6.27. The molecule has 1 aliphatic rings. The van der Waals surface area contributed by atoms with Crippen LogP contribution in [-0.2, 0) is 0 Å². The maximum Gasteiger partial charge on any atom is 0.109 e. The Kier molecular flexibility index (Phi) is 2.77. The third-order valence-corrected chi connectivity index (χ3v) is 4.88. The third kappa shape index (κ3) is 1.83. The predicted molar refractivity (Wildman–Crippen MR) is 96.8 cm³/mol. The molecule has 2 N–H and O–H groups in total. The van der Waals surface area contributed by atoms with Crippen molar-refractivity contribution >= 4 is 38.7 Å². The molecule has 0 spiro atoms. The fourth-order valence-corrected chi connectivity index (χ4v) is 3.63. The topological polar surface area (TPSA) is 53.4 Å². The second kappa shape index (κ2) is 4.87. The zero-order valence-corrected chi connectivity index (χ0v) is 12.8. The van der Waals surface area contributed by atoms with Crippen LogP contribution in [0, 0.1) is 0 Å². The molecule has 1 heterocycles. The molecule has 0 radical (unpaired) electrons. The van der Waals surface area contributed by atoms with Crippen molar-refractivity contribution < 1.29 is 10.2 Å². The van der Waals surface area contributed by atoms with E-state index in [0.29, 0.717) is 0 Å². The number of aliphatic hydroxyl groups is 2. The van der Waals surface area contributed by atoms with Gasteiger partial charge in [0.1, 0.15) is 12.2 Å². The summed E-state index contributed by atoms with van der Waals surface area (Å²) in [5, 5.41) is 24.6. The lowest BCUT2D eigenvalue weighted by molar-refractivity contribution is 0.0471. The molecule has 0 aliphatic heterocycles. The molecule has 2 atom stereocenters. The zero-order chi connectivity index (χ0) is 16.3. The summed E-state index contributed by atoms with van der Waals surface area (Å²) < 4.78 is 0. The highest BCUT2D eigenvalue weighted by Gasteiger charge is 2.23. The summed E-state index contributed by atoms with van der Waals surface area (Å²) >= 11 is 0. The number of rotatable bonds is 0. The monoisotopic (exact) mass is 313 g/mol. The molecule has 0 bridgehead atoms. The maximum absolute atomic E-state index is 10.3. The van der Waals surface area contributed by atoms with Gasteiger partial charge in [-0.1, -0.05) is 48.6 Å². The van der Waals surface area contributed by atoms with Gasteiger partial charge in [-0.2, -0.15) is 0 Å². The molecular weight excluding hydrogens is 298 g/mol. The lowest BCUT2D eigenvalue weighted by Crippen LogP contribution is -2.19. The van der Waals surface area contributed by atoms with Crippen molar-refractivity contribution in [2.75, 3.05) is 0 Å². The van der Waals surface area contributed by atoms with Crippen LogP contribution in [-0.4, -0.2) is 21.3 Å². The minimum Gasteiger partial charge on any atom is -0.386 e. The van der Waals surface area contributed by atoms with Crippen LogP contribution in [0.1, 0.15) is 17.2 Å². The number of fused-ring (bicyclic) bond motifs is 6. The van der Waals surface area contributed by atoms with E-state index in [1.807, 2.05) is 36.4 Å². The first-order valence-corrected chi connectivity index (χ1v) is 8.02. The number of hydrogen-bond acceptors (Lipinski definition) is 3. The average molecular weight is 313 g/mol. The van der Waals surface area contributed by atoms with E-state index < -0.39 is 12.2 Å². The summed E-state index contributed by atoms with van der Waals surface area (Å²) in [7, 11) is 0. The highest BCUT2D eigenvalue weighted by atomic mass is 16.3. The van der Waals surface area contributed by atoms with Gasteiger partial charge in [0.25, 0.3) is 0 Å². The first kappa shape index (κ1) is 13.7. The number of pyridine rings is 1. The van der Waals surface area contributed by atoms with E-state index in [4.69, 9.17) is 4.98 Å². The van der Waals surface area contributed by atoms with Crippen molar-refractivity contribution in [1.29, 1.82) is 0 Å². The smallest absolute Gasteiger partial charge is 0.109 e. The number of benzene rings is 3. The predicted octanol–water partition coefficient (Wildman–Crippen LogP) is 3.96. The van der Waals surface area contributed by atoms with Crippen LogP contribution >= 0.6 is 0 Å². The van der Waals surface area contributed by atoms with Gasteiger partial charge in [-0.05, 0) is 40.1 Å². The molecule has 0 amide bonds. The second-order valence-electron chi connectivity index (χ2n) is 6.27. The number of aliphatic hydroxyl groups excluding tert-OH is 2. The molecule has 24 heavy (non-hydrogen) atoms. The summed E-state index contributed by atoms with van der Waals surface area (Å²) in [6, 6.07) is 18.3. The van der Waals surface area contributed by atoms with Crippen LogP contribution in [0.5, 0.6) is 0 Å². The quantitative estimate of drug-likeness (QED) is 0.381. The first-order chi connectivity index (χ1) is 11.7. The lowest BCUT2D eigenvalue weighted by atomic mass is 9.89. The summed E-state index contributed by atoms with van der Waals surface area (Å²) in [5.41, 5.74) is 3.54. The van der Waals surface area contributed by atoms with E-state index in [-0.39, 0.29) is 0 Å². The van der Waals surface area contributed by atoms with Crippen molar-refractivity contribution in [3.8, 4) is 0 Å². The fourth-order valence-electron chi connectivity index (χ4n) is 3.63. The molecule has 116 valence electrons. The molecule has 1 aliphatic carbocycles. The molecular formula is C21H15NO2. The summed E-state index contributed by atoms with van der Waals surface area (Å²) in [6.45, 7) is 0. The van der Waals surface area contributed by atoms with E-state index >= 15 is 0 Å². The van der Waals surface area contributed by atoms with Gasteiger partial charge in [0.15, 0.2) is 0 Å². The third-order valence-electron chi connectivity index (χ3n) is 4.88. The average Bonchev–Trinajstić information content (AvgIpc) is 2.63. The molecule has 0 saturated carbocycles. The van der Waals surface area contributed by atoms with Gasteiger partial charge in [0.2, 0.25) is 0 Å². The van der Waals surface area contributed by atoms with Crippen LogP contribution in [0.2, 0.25) is 0 Å². The van der Waals surface area contributed by atoms with Gasteiger partial charge in [-0.15, -0.1) is 0 Å². The van der Waals surface area contributed by atoms with E-state index in [1.165, 1.54) is 10.8 Å². The van der Waals surface area contributed by atoms with Gasteiger partial charge in [0, 0.05) is 10.8 Å². The largest absolute Gasteiger partial charge is 0.386 e. The Hall–Kier alpha value is -2.75. The van der Waals surface area contributed by atoms with Crippen LogP contribution in [0.15, 0.2) is 60.7 Å². The maximum atomic E-state index is 10.3. The Morgan fingerprint density at radius 1 is 0.792 bits per heavy atom. The number of aromatic nitrogens is 1. The molecule has 0 fully saturated rings. The van der Waals surface area contributed by atoms with E-state index in [0.717, 1.165) is 32.9 Å². The van der Waals surface area contributed by atoms with Crippen molar-refractivity contribution in [3.63, 3.8) is 0 Å². The Bertz CT molecular complexity index is 1150. The van der Waals surface area contributed by atoms with Gasteiger partial charge in [-0.3, -0.25) is 0 Å². The van der Waals surface area contributed by atoms with Crippen molar-refractivity contribution in [3.05, 3.63) is 71.8 Å². The molecule has 3 aromatic carbocycles. The molecule has 0 unspecified atom stereocenters. The number of hydrogen-bond donors (Lipinski definition) is 2.